The van der Waals surface area contributed by atoms with Crippen LogP contribution < -0.4 is 15.5 Å². The average molecular weight is 479 g/mol. The molecule has 1 aliphatic heterocycles. The van der Waals surface area contributed by atoms with Crippen molar-refractivity contribution in [3.8, 4) is 0 Å². The molecule has 4 aliphatic rings. The molecule has 3 saturated carbocycles. The number of nitrogens with one attached hydrogen (secondary N) is 2. The zero-order valence-corrected chi connectivity index (χ0v) is 20.3. The number of aryl methyl sites for hydroxylation is 1. The highest BCUT2D eigenvalue weighted by atomic mass is 16.5. The molecule has 0 bridgehead atoms. The largest absolute Gasteiger partial charge is 0.371 e. The lowest BCUT2D eigenvalue weighted by atomic mass is 9.79. The number of amides is 2. The summed E-state index contributed by atoms with van der Waals surface area (Å²) in [5, 5.41) is 10.2. The predicted molar refractivity (Wildman–Crippen MR) is 131 cm³/mol. The van der Waals surface area contributed by atoms with Crippen molar-refractivity contribution < 1.29 is 14.3 Å². The Bertz CT molecular complexity index is 1070. The minimum absolute atomic E-state index is 0.00669. The highest BCUT2D eigenvalue weighted by Crippen LogP contribution is 2.51. The van der Waals surface area contributed by atoms with E-state index in [1.807, 2.05) is 12.1 Å². The van der Waals surface area contributed by atoms with E-state index in [0.29, 0.717) is 23.2 Å². The van der Waals surface area contributed by atoms with Crippen LogP contribution in [0.2, 0.25) is 0 Å². The predicted octanol–water partition coefficient (Wildman–Crippen LogP) is 2.75. The summed E-state index contributed by atoms with van der Waals surface area (Å²) in [6, 6.07) is 4.98. The molecule has 6 rings (SSSR count). The first-order chi connectivity index (χ1) is 17.0. The van der Waals surface area contributed by atoms with Gasteiger partial charge in [-0.05, 0) is 80.9 Å². The van der Waals surface area contributed by atoms with E-state index < -0.39 is 6.04 Å². The number of hydrogen-bond acceptors (Lipinski definition) is 6. The SMILES string of the molecule is Cn1nccc1C(=O)N[C@H](C(=O)Nc1ccc(N2CCOC3(CCC3)C2)nc1)C(C1CC1)C1CC1. The fourth-order valence-corrected chi connectivity index (χ4v) is 5.82. The number of nitrogens with zero attached hydrogens (tertiary/aromatic N) is 4. The minimum Gasteiger partial charge on any atom is -0.371 e. The van der Waals surface area contributed by atoms with Crippen molar-refractivity contribution in [3.05, 3.63) is 36.3 Å². The summed E-state index contributed by atoms with van der Waals surface area (Å²) < 4.78 is 7.56. The number of aromatic nitrogens is 3. The highest BCUT2D eigenvalue weighted by Gasteiger charge is 2.48. The van der Waals surface area contributed by atoms with Crippen molar-refractivity contribution in [2.75, 3.05) is 29.9 Å². The second kappa shape index (κ2) is 8.93. The van der Waals surface area contributed by atoms with E-state index in [4.69, 9.17) is 4.74 Å². The van der Waals surface area contributed by atoms with Gasteiger partial charge in [0.05, 0.1) is 24.1 Å². The second-order valence-corrected chi connectivity index (χ2v) is 10.7. The summed E-state index contributed by atoms with van der Waals surface area (Å²) >= 11 is 0. The maximum atomic E-state index is 13.5. The van der Waals surface area contributed by atoms with Gasteiger partial charge < -0.3 is 20.3 Å². The monoisotopic (exact) mass is 478 g/mol. The molecule has 0 aromatic carbocycles. The number of carbonyl (C=O) groups is 2. The van der Waals surface area contributed by atoms with Gasteiger partial charge in [-0.25, -0.2) is 4.98 Å². The molecule has 1 atom stereocenters. The third-order valence-electron chi connectivity index (χ3n) is 8.19. The Morgan fingerprint density at radius 2 is 1.91 bits per heavy atom. The molecule has 186 valence electrons. The van der Waals surface area contributed by atoms with Crippen molar-refractivity contribution in [3.63, 3.8) is 0 Å². The lowest BCUT2D eigenvalue weighted by Gasteiger charge is -2.48. The topological polar surface area (TPSA) is 101 Å². The number of pyridine rings is 1. The van der Waals surface area contributed by atoms with Gasteiger partial charge in [0.1, 0.15) is 17.6 Å². The summed E-state index contributed by atoms with van der Waals surface area (Å²) in [6.45, 7) is 2.42. The molecule has 1 spiro atoms. The van der Waals surface area contributed by atoms with E-state index >= 15 is 0 Å². The van der Waals surface area contributed by atoms with Gasteiger partial charge in [0.2, 0.25) is 5.91 Å². The Labute approximate surface area is 205 Å². The Morgan fingerprint density at radius 3 is 2.49 bits per heavy atom. The van der Waals surface area contributed by atoms with Gasteiger partial charge in [0.25, 0.3) is 5.91 Å². The fraction of sp³-hybridized carbons (Fsp3) is 0.615. The van der Waals surface area contributed by atoms with E-state index in [2.05, 4.69) is 25.6 Å². The summed E-state index contributed by atoms with van der Waals surface area (Å²) in [5.41, 5.74) is 1.11. The average Bonchev–Trinajstić information content (AvgIpc) is 3.78. The standard InChI is InChI=1S/C26H34N6O3/c1-31-20(9-12-28-31)24(33)30-23(22(17-3-4-17)18-5-6-18)25(34)29-19-7-8-21(27-15-19)32-13-14-35-26(16-32)10-2-11-26/h7-9,12,15,17-18,22-23H,2-6,10-11,13-14,16H2,1H3,(H,29,34)(H,30,33)/t23-/m0/s1. The molecule has 0 radical (unpaired) electrons. The quantitative estimate of drug-likeness (QED) is 0.605. The number of morpholine rings is 1. The van der Waals surface area contributed by atoms with Crippen LogP contribution in [0.15, 0.2) is 30.6 Å². The van der Waals surface area contributed by atoms with E-state index in [9.17, 15) is 9.59 Å². The van der Waals surface area contributed by atoms with Crippen LogP contribution in [0.3, 0.4) is 0 Å². The van der Waals surface area contributed by atoms with Crippen LogP contribution in [-0.2, 0) is 16.6 Å². The van der Waals surface area contributed by atoms with E-state index in [1.165, 1.54) is 11.1 Å². The number of rotatable bonds is 8. The maximum Gasteiger partial charge on any atom is 0.270 e. The summed E-state index contributed by atoms with van der Waals surface area (Å²) in [6.07, 6.45) is 11.3. The van der Waals surface area contributed by atoms with Crippen LogP contribution in [0.1, 0.15) is 55.4 Å². The third kappa shape index (κ3) is 4.66. The van der Waals surface area contributed by atoms with Crippen molar-refractivity contribution >= 4 is 23.3 Å². The molecular formula is C26H34N6O3. The summed E-state index contributed by atoms with van der Waals surface area (Å²) in [4.78, 5) is 33.5. The molecular weight excluding hydrogens is 444 g/mol. The van der Waals surface area contributed by atoms with Crippen molar-refractivity contribution in [1.82, 2.24) is 20.1 Å². The lowest BCUT2D eigenvalue weighted by Crippen LogP contribution is -2.56. The molecule has 2 amide bonds. The zero-order valence-electron chi connectivity index (χ0n) is 20.3. The van der Waals surface area contributed by atoms with Crippen LogP contribution in [0, 0.1) is 17.8 Å². The van der Waals surface area contributed by atoms with E-state index in [-0.39, 0.29) is 23.3 Å². The van der Waals surface area contributed by atoms with Crippen molar-refractivity contribution in [1.29, 1.82) is 0 Å². The molecule has 3 heterocycles. The number of hydrogen-bond donors (Lipinski definition) is 2. The van der Waals surface area contributed by atoms with Gasteiger partial charge in [-0.15, -0.1) is 0 Å². The van der Waals surface area contributed by atoms with Crippen LogP contribution in [0.25, 0.3) is 0 Å². The first-order valence-corrected chi connectivity index (χ1v) is 13.0. The van der Waals surface area contributed by atoms with Crippen LogP contribution in [0.4, 0.5) is 11.5 Å². The molecule has 9 nitrogen and oxygen atoms in total. The van der Waals surface area contributed by atoms with Crippen LogP contribution in [-0.4, -0.2) is 57.9 Å². The molecule has 4 fully saturated rings. The molecule has 9 heteroatoms. The maximum absolute atomic E-state index is 13.5. The minimum atomic E-state index is -0.574. The number of ether oxygens (including phenoxy) is 1. The van der Waals surface area contributed by atoms with Gasteiger partial charge in [0.15, 0.2) is 0 Å². The third-order valence-corrected chi connectivity index (χ3v) is 8.19. The molecule has 35 heavy (non-hydrogen) atoms. The Balaban J connectivity index is 1.16. The number of anilines is 2. The van der Waals surface area contributed by atoms with Gasteiger partial charge in [-0.1, -0.05) is 0 Å². The highest BCUT2D eigenvalue weighted by molar-refractivity contribution is 6.00. The smallest absolute Gasteiger partial charge is 0.270 e. The molecule has 1 saturated heterocycles. The normalized spacial score (nSPS) is 22.1. The second-order valence-electron chi connectivity index (χ2n) is 10.7. The molecule has 0 unspecified atom stereocenters. The van der Waals surface area contributed by atoms with Gasteiger partial charge in [-0.3, -0.25) is 14.3 Å². The fourth-order valence-electron chi connectivity index (χ4n) is 5.82. The van der Waals surface area contributed by atoms with E-state index in [1.54, 1.807) is 25.5 Å². The Kier molecular flexibility index (Phi) is 5.75. The van der Waals surface area contributed by atoms with Crippen LogP contribution >= 0.6 is 0 Å². The molecule has 2 aromatic heterocycles. The Morgan fingerprint density at radius 1 is 1.14 bits per heavy atom. The summed E-state index contributed by atoms with van der Waals surface area (Å²) in [7, 11) is 1.73. The van der Waals surface area contributed by atoms with Crippen molar-refractivity contribution in [2.45, 2.75) is 56.6 Å². The first kappa shape index (κ1) is 22.5. The zero-order chi connectivity index (χ0) is 24.0. The van der Waals surface area contributed by atoms with Gasteiger partial charge in [-0.2, -0.15) is 5.10 Å². The summed E-state index contributed by atoms with van der Waals surface area (Å²) in [5.74, 6) is 1.66. The van der Waals surface area contributed by atoms with E-state index in [0.717, 1.165) is 64.0 Å². The van der Waals surface area contributed by atoms with Crippen molar-refractivity contribution in [2.24, 2.45) is 24.8 Å². The van der Waals surface area contributed by atoms with Gasteiger partial charge >= 0.3 is 0 Å². The molecule has 2 aromatic rings. The van der Waals surface area contributed by atoms with Gasteiger partial charge in [0, 0.05) is 26.3 Å². The molecule has 2 N–H and O–H groups in total. The molecule has 3 aliphatic carbocycles. The van der Waals surface area contributed by atoms with Crippen LogP contribution in [0.5, 0.6) is 0 Å². The Hall–Kier alpha value is -2.94. The number of carbonyl (C=O) groups excluding carboxylic acids is 2. The lowest BCUT2D eigenvalue weighted by molar-refractivity contribution is -0.119. The first-order valence-electron chi connectivity index (χ1n) is 13.0.